The maximum absolute atomic E-state index is 13.3. The molecule has 0 unspecified atom stereocenters. The summed E-state index contributed by atoms with van der Waals surface area (Å²) in [5.74, 6) is 0.621. The predicted octanol–water partition coefficient (Wildman–Crippen LogP) is 2.49. The lowest BCUT2D eigenvalue weighted by atomic mass is 10.2. The molecule has 0 atom stereocenters. The van der Waals surface area contributed by atoms with E-state index < -0.39 is 0 Å². The normalized spacial score (nSPS) is 13.8. The summed E-state index contributed by atoms with van der Waals surface area (Å²) in [5.41, 5.74) is 3.06. The average Bonchev–Trinajstić information content (AvgIpc) is 3.05. The van der Waals surface area contributed by atoms with Gasteiger partial charge in [-0.25, -0.2) is 4.39 Å². The molecule has 0 fully saturated rings. The van der Waals surface area contributed by atoms with Gasteiger partial charge in [-0.3, -0.25) is 0 Å². The van der Waals surface area contributed by atoms with Crippen LogP contribution in [0.3, 0.4) is 0 Å². The smallest absolute Gasteiger partial charge is 0.156 e. The second-order valence-electron chi connectivity index (χ2n) is 5.01. The van der Waals surface area contributed by atoms with Gasteiger partial charge >= 0.3 is 0 Å². The Morgan fingerprint density at radius 2 is 2.30 bits per heavy atom. The maximum Gasteiger partial charge on any atom is 0.156 e. The zero-order chi connectivity index (χ0) is 13.9. The molecule has 106 valence electrons. The average molecular weight is 275 g/mol. The standard InChI is InChI=1S/C15H18FN3O/c1-2-17-9-13-8-14(20-18-13)10-19-6-5-11-3-4-12(16)7-15(11)19/h3-4,7-8,17H,2,5-6,9-10H2,1H3. The van der Waals surface area contributed by atoms with E-state index in [2.05, 4.69) is 22.3 Å². The summed E-state index contributed by atoms with van der Waals surface area (Å²) in [6, 6.07) is 6.94. The minimum Gasteiger partial charge on any atom is -0.363 e. The Labute approximate surface area is 117 Å². The molecule has 0 radical (unpaired) electrons. The molecule has 2 aromatic rings. The van der Waals surface area contributed by atoms with Crippen molar-refractivity contribution in [1.82, 2.24) is 10.5 Å². The number of hydrogen-bond donors (Lipinski definition) is 1. The Morgan fingerprint density at radius 3 is 3.15 bits per heavy atom. The quantitative estimate of drug-likeness (QED) is 0.910. The molecular weight excluding hydrogens is 257 g/mol. The maximum atomic E-state index is 13.3. The van der Waals surface area contributed by atoms with Crippen LogP contribution >= 0.6 is 0 Å². The highest BCUT2D eigenvalue weighted by atomic mass is 19.1. The van der Waals surface area contributed by atoms with E-state index in [0.717, 1.165) is 36.7 Å². The molecule has 3 rings (SSSR count). The van der Waals surface area contributed by atoms with Crippen LogP contribution in [-0.4, -0.2) is 18.2 Å². The molecule has 0 saturated carbocycles. The Morgan fingerprint density at radius 1 is 1.40 bits per heavy atom. The van der Waals surface area contributed by atoms with Crippen molar-refractivity contribution < 1.29 is 8.91 Å². The highest BCUT2D eigenvalue weighted by molar-refractivity contribution is 5.58. The second kappa shape index (κ2) is 5.63. The molecule has 0 aliphatic carbocycles. The third kappa shape index (κ3) is 2.67. The largest absolute Gasteiger partial charge is 0.363 e. The number of nitrogens with zero attached hydrogens (tertiary/aromatic N) is 2. The molecule has 0 spiro atoms. The monoisotopic (exact) mass is 275 g/mol. The summed E-state index contributed by atoms with van der Waals surface area (Å²) < 4.78 is 18.7. The van der Waals surface area contributed by atoms with E-state index >= 15 is 0 Å². The number of anilines is 1. The van der Waals surface area contributed by atoms with Crippen LogP contribution in [0.2, 0.25) is 0 Å². The molecule has 1 aromatic heterocycles. The van der Waals surface area contributed by atoms with Crippen molar-refractivity contribution in [2.24, 2.45) is 0 Å². The van der Waals surface area contributed by atoms with Gasteiger partial charge in [0.1, 0.15) is 5.82 Å². The number of aromatic nitrogens is 1. The molecule has 4 nitrogen and oxygen atoms in total. The topological polar surface area (TPSA) is 41.3 Å². The minimum atomic E-state index is -0.193. The zero-order valence-corrected chi connectivity index (χ0v) is 11.5. The van der Waals surface area contributed by atoms with Crippen molar-refractivity contribution in [2.45, 2.75) is 26.4 Å². The van der Waals surface area contributed by atoms with Gasteiger partial charge < -0.3 is 14.7 Å². The van der Waals surface area contributed by atoms with Crippen molar-refractivity contribution in [1.29, 1.82) is 0 Å². The van der Waals surface area contributed by atoms with Gasteiger partial charge in [-0.15, -0.1) is 0 Å². The van der Waals surface area contributed by atoms with Crippen LogP contribution < -0.4 is 10.2 Å². The van der Waals surface area contributed by atoms with Crippen LogP contribution in [-0.2, 0) is 19.5 Å². The SMILES string of the molecule is CCNCc1cc(CN2CCc3ccc(F)cc32)on1. The highest BCUT2D eigenvalue weighted by Crippen LogP contribution is 2.30. The molecule has 1 N–H and O–H groups in total. The van der Waals surface area contributed by atoms with E-state index in [1.165, 1.54) is 11.6 Å². The molecule has 1 aromatic carbocycles. The number of nitrogens with one attached hydrogen (secondary N) is 1. The van der Waals surface area contributed by atoms with Gasteiger partial charge in [-0.1, -0.05) is 18.1 Å². The summed E-state index contributed by atoms with van der Waals surface area (Å²) in [4.78, 5) is 2.13. The zero-order valence-electron chi connectivity index (χ0n) is 11.5. The van der Waals surface area contributed by atoms with Crippen molar-refractivity contribution in [2.75, 3.05) is 18.0 Å². The fourth-order valence-electron chi connectivity index (χ4n) is 2.54. The lowest BCUT2D eigenvalue weighted by molar-refractivity contribution is 0.374. The molecular formula is C15H18FN3O. The molecule has 1 aliphatic heterocycles. The molecule has 2 heterocycles. The van der Waals surface area contributed by atoms with Gasteiger partial charge in [0.25, 0.3) is 0 Å². The second-order valence-corrected chi connectivity index (χ2v) is 5.01. The van der Waals surface area contributed by atoms with Gasteiger partial charge in [-0.2, -0.15) is 0 Å². The third-order valence-electron chi connectivity index (χ3n) is 3.55. The highest BCUT2D eigenvalue weighted by Gasteiger charge is 2.21. The van der Waals surface area contributed by atoms with Crippen LogP contribution in [0, 0.1) is 5.82 Å². The van der Waals surface area contributed by atoms with E-state index in [9.17, 15) is 4.39 Å². The van der Waals surface area contributed by atoms with Crippen LogP contribution in [0.15, 0.2) is 28.8 Å². The van der Waals surface area contributed by atoms with Crippen LogP contribution in [0.5, 0.6) is 0 Å². The van der Waals surface area contributed by atoms with Gasteiger partial charge in [0.05, 0.1) is 12.2 Å². The predicted molar refractivity (Wildman–Crippen MR) is 75.0 cm³/mol. The summed E-state index contributed by atoms with van der Waals surface area (Å²) in [6.45, 7) is 5.19. The van der Waals surface area contributed by atoms with Crippen LogP contribution in [0.4, 0.5) is 10.1 Å². The first-order chi connectivity index (χ1) is 9.76. The Bertz CT molecular complexity index is 597. The van der Waals surface area contributed by atoms with E-state index in [1.54, 1.807) is 6.07 Å². The van der Waals surface area contributed by atoms with Crippen LogP contribution in [0.25, 0.3) is 0 Å². The number of benzene rings is 1. The lowest BCUT2D eigenvalue weighted by Crippen LogP contribution is -2.19. The molecule has 1 aliphatic rings. The van der Waals surface area contributed by atoms with Crippen molar-refractivity contribution in [3.63, 3.8) is 0 Å². The number of rotatable bonds is 5. The fraction of sp³-hybridized carbons (Fsp3) is 0.400. The van der Waals surface area contributed by atoms with Gasteiger partial charge in [0.15, 0.2) is 5.76 Å². The van der Waals surface area contributed by atoms with Crippen molar-refractivity contribution in [3.05, 3.63) is 47.1 Å². The summed E-state index contributed by atoms with van der Waals surface area (Å²) in [5, 5.41) is 7.24. The molecule has 0 amide bonds. The first kappa shape index (κ1) is 13.1. The Kier molecular flexibility index (Phi) is 3.69. The van der Waals surface area contributed by atoms with Crippen molar-refractivity contribution >= 4 is 5.69 Å². The minimum absolute atomic E-state index is 0.193. The summed E-state index contributed by atoms with van der Waals surface area (Å²) >= 11 is 0. The Hall–Kier alpha value is -1.88. The lowest BCUT2D eigenvalue weighted by Gasteiger charge is -2.17. The summed E-state index contributed by atoms with van der Waals surface area (Å²) in [7, 11) is 0. The van der Waals surface area contributed by atoms with Gasteiger partial charge in [0, 0.05) is 24.8 Å². The first-order valence-electron chi connectivity index (χ1n) is 6.95. The number of halogens is 1. The third-order valence-corrected chi connectivity index (χ3v) is 3.55. The van der Waals surface area contributed by atoms with E-state index in [4.69, 9.17) is 4.52 Å². The van der Waals surface area contributed by atoms with Gasteiger partial charge in [0.2, 0.25) is 0 Å². The molecule has 0 bridgehead atoms. The molecule has 5 heteroatoms. The first-order valence-corrected chi connectivity index (χ1v) is 6.95. The number of fused-ring (bicyclic) bond motifs is 1. The fourth-order valence-corrected chi connectivity index (χ4v) is 2.54. The van der Waals surface area contributed by atoms with Crippen LogP contribution in [0.1, 0.15) is 23.9 Å². The van der Waals surface area contributed by atoms with E-state index in [-0.39, 0.29) is 5.82 Å². The van der Waals surface area contributed by atoms with Gasteiger partial charge in [-0.05, 0) is 30.7 Å². The van der Waals surface area contributed by atoms with Crippen molar-refractivity contribution in [3.8, 4) is 0 Å². The van der Waals surface area contributed by atoms with E-state index in [1.807, 2.05) is 12.1 Å². The molecule has 20 heavy (non-hydrogen) atoms. The Balaban J connectivity index is 1.70. The summed E-state index contributed by atoms with van der Waals surface area (Å²) in [6.07, 6.45) is 0.952. The molecule has 0 saturated heterocycles. The number of hydrogen-bond acceptors (Lipinski definition) is 4. The van der Waals surface area contributed by atoms with E-state index in [0.29, 0.717) is 13.1 Å².